The summed E-state index contributed by atoms with van der Waals surface area (Å²) in [6.45, 7) is 5.94. The van der Waals surface area contributed by atoms with Crippen molar-refractivity contribution in [2.75, 3.05) is 32.1 Å². The van der Waals surface area contributed by atoms with Crippen LogP contribution in [-0.4, -0.2) is 42.6 Å². The Morgan fingerprint density at radius 2 is 1.90 bits per heavy atom. The molecule has 1 amide bonds. The number of ether oxygens (including phenoxy) is 2. The maximum absolute atomic E-state index is 12.3. The van der Waals surface area contributed by atoms with E-state index in [9.17, 15) is 4.79 Å². The Bertz CT molecular complexity index is 927. The summed E-state index contributed by atoms with van der Waals surface area (Å²) in [4.78, 5) is 15.4. The van der Waals surface area contributed by atoms with Gasteiger partial charge in [0.2, 0.25) is 0 Å². The number of aryl methyl sites for hydroxylation is 2. The Morgan fingerprint density at radius 3 is 2.55 bits per heavy atom. The first-order chi connectivity index (χ1) is 13.9. The van der Waals surface area contributed by atoms with Gasteiger partial charge in [-0.05, 0) is 84.7 Å². The van der Waals surface area contributed by atoms with Crippen LogP contribution in [0.2, 0.25) is 0 Å². The van der Waals surface area contributed by atoms with Crippen LogP contribution in [0.1, 0.15) is 29.5 Å². The van der Waals surface area contributed by atoms with Crippen molar-refractivity contribution in [2.24, 2.45) is 0 Å². The molecule has 0 saturated carbocycles. The van der Waals surface area contributed by atoms with Gasteiger partial charge in [-0.3, -0.25) is 4.79 Å². The van der Waals surface area contributed by atoms with E-state index in [1.165, 1.54) is 18.4 Å². The highest BCUT2D eigenvalue weighted by Crippen LogP contribution is 2.34. The Balaban J connectivity index is 1.68. The number of thiocarbonyl (C=S) groups is 1. The van der Waals surface area contributed by atoms with Gasteiger partial charge in [-0.1, -0.05) is 18.3 Å². The first-order valence-corrected chi connectivity index (χ1v) is 11.0. The number of methoxy groups -OCH3 is 1. The van der Waals surface area contributed by atoms with Crippen LogP contribution in [0, 0.1) is 17.4 Å². The molecule has 0 unspecified atom stereocenters. The third-order valence-electron chi connectivity index (χ3n) is 5.01. The second kappa shape index (κ2) is 9.75. The zero-order chi connectivity index (χ0) is 21.0. The molecule has 0 radical (unpaired) electrons. The summed E-state index contributed by atoms with van der Waals surface area (Å²) in [7, 11) is 1.59. The minimum atomic E-state index is -0.220. The third-order valence-corrected chi connectivity index (χ3v) is 6.30. The highest BCUT2D eigenvalue weighted by molar-refractivity contribution is 14.1. The molecule has 2 aromatic carbocycles. The maximum atomic E-state index is 12.3. The molecule has 0 atom stereocenters. The highest BCUT2D eigenvalue weighted by atomic mass is 127. The topological polar surface area (TPSA) is 50.8 Å². The minimum absolute atomic E-state index is 0.102. The van der Waals surface area contributed by atoms with Gasteiger partial charge in [-0.25, -0.2) is 0 Å². The van der Waals surface area contributed by atoms with Crippen molar-refractivity contribution in [3.63, 3.8) is 0 Å². The van der Waals surface area contributed by atoms with E-state index in [2.05, 4.69) is 32.8 Å². The number of rotatable bonds is 6. The van der Waals surface area contributed by atoms with Gasteiger partial charge in [0.1, 0.15) is 4.99 Å². The first-order valence-electron chi connectivity index (χ1n) is 9.55. The standard InChI is InChI=1S/C22H25IN2O3S/c1-14-6-7-17(10-15(14)2)24-20(26)13-28-21-18(23)11-16(12-19(21)27-3)22(29)25-8-4-5-9-25/h6-7,10-12H,4-5,8-9,13H2,1-3H3,(H,24,26). The van der Waals surface area contributed by atoms with Gasteiger partial charge in [0.25, 0.3) is 5.91 Å². The number of benzene rings is 2. The number of anilines is 1. The van der Waals surface area contributed by atoms with E-state index in [0.717, 1.165) is 38.5 Å². The predicted octanol–water partition coefficient (Wildman–Crippen LogP) is 4.71. The molecule has 0 bridgehead atoms. The van der Waals surface area contributed by atoms with E-state index < -0.39 is 0 Å². The molecule has 2 aromatic rings. The molecular weight excluding hydrogens is 499 g/mol. The first kappa shape index (κ1) is 21.8. The maximum Gasteiger partial charge on any atom is 0.262 e. The van der Waals surface area contributed by atoms with Crippen LogP contribution in [0.15, 0.2) is 30.3 Å². The number of hydrogen-bond donors (Lipinski definition) is 1. The second-order valence-corrected chi connectivity index (χ2v) is 8.67. The van der Waals surface area contributed by atoms with Crippen LogP contribution in [0.3, 0.4) is 0 Å². The lowest BCUT2D eigenvalue weighted by molar-refractivity contribution is -0.118. The number of carbonyl (C=O) groups is 1. The van der Waals surface area contributed by atoms with Crippen molar-refractivity contribution < 1.29 is 14.3 Å². The Labute approximate surface area is 190 Å². The molecule has 1 fully saturated rings. The second-order valence-electron chi connectivity index (χ2n) is 7.12. The van der Waals surface area contributed by atoms with E-state index in [4.69, 9.17) is 21.7 Å². The number of nitrogens with zero attached hydrogens (tertiary/aromatic N) is 1. The van der Waals surface area contributed by atoms with Gasteiger partial charge in [0.05, 0.1) is 10.7 Å². The van der Waals surface area contributed by atoms with Gasteiger partial charge < -0.3 is 19.7 Å². The Kier molecular flexibility index (Phi) is 7.34. The van der Waals surface area contributed by atoms with Crippen molar-refractivity contribution in [3.05, 3.63) is 50.6 Å². The zero-order valence-corrected chi connectivity index (χ0v) is 19.9. The van der Waals surface area contributed by atoms with E-state index in [0.29, 0.717) is 11.5 Å². The van der Waals surface area contributed by atoms with Gasteiger partial charge >= 0.3 is 0 Å². The molecule has 0 spiro atoms. The fourth-order valence-corrected chi connectivity index (χ4v) is 4.30. The summed E-state index contributed by atoms with van der Waals surface area (Å²) in [5, 5.41) is 2.87. The number of likely N-dealkylation sites (tertiary alicyclic amines) is 1. The number of nitrogens with one attached hydrogen (secondary N) is 1. The normalized spacial score (nSPS) is 13.3. The van der Waals surface area contributed by atoms with Crippen LogP contribution in [0.4, 0.5) is 5.69 Å². The van der Waals surface area contributed by atoms with Crippen molar-refractivity contribution in [1.82, 2.24) is 4.90 Å². The molecule has 5 nitrogen and oxygen atoms in total. The van der Waals surface area contributed by atoms with E-state index in [1.54, 1.807) is 7.11 Å². The summed E-state index contributed by atoms with van der Waals surface area (Å²) < 4.78 is 12.2. The molecule has 3 rings (SSSR count). The number of halogens is 1. The monoisotopic (exact) mass is 524 g/mol. The molecule has 1 N–H and O–H groups in total. The minimum Gasteiger partial charge on any atom is -0.493 e. The average Bonchev–Trinajstić information content (AvgIpc) is 3.23. The molecule has 1 aliphatic heterocycles. The lowest BCUT2D eigenvalue weighted by atomic mass is 10.1. The van der Waals surface area contributed by atoms with Crippen LogP contribution in [-0.2, 0) is 4.79 Å². The molecule has 1 aliphatic rings. The van der Waals surface area contributed by atoms with Gasteiger partial charge in [0, 0.05) is 24.3 Å². The summed E-state index contributed by atoms with van der Waals surface area (Å²) >= 11 is 7.85. The van der Waals surface area contributed by atoms with Crippen LogP contribution >= 0.6 is 34.8 Å². The summed E-state index contributed by atoms with van der Waals surface area (Å²) in [5.41, 5.74) is 4.01. The fourth-order valence-electron chi connectivity index (χ4n) is 3.24. The quantitative estimate of drug-likeness (QED) is 0.439. The summed E-state index contributed by atoms with van der Waals surface area (Å²) in [6.07, 6.45) is 2.34. The van der Waals surface area contributed by atoms with E-state index in [-0.39, 0.29) is 12.5 Å². The molecule has 1 heterocycles. The summed E-state index contributed by atoms with van der Waals surface area (Å²) in [5.74, 6) is 0.909. The average molecular weight is 524 g/mol. The number of amides is 1. The molecule has 0 aromatic heterocycles. The smallest absolute Gasteiger partial charge is 0.262 e. The van der Waals surface area contributed by atoms with Crippen molar-refractivity contribution in [3.8, 4) is 11.5 Å². The zero-order valence-electron chi connectivity index (χ0n) is 16.9. The third kappa shape index (κ3) is 5.39. The molecule has 1 saturated heterocycles. The van der Waals surface area contributed by atoms with Crippen molar-refractivity contribution >= 4 is 51.4 Å². The number of hydrogen-bond acceptors (Lipinski definition) is 4. The lowest BCUT2D eigenvalue weighted by Gasteiger charge is -2.20. The fraction of sp³-hybridized carbons (Fsp3) is 0.364. The Hall–Kier alpha value is -1.87. The predicted molar refractivity (Wildman–Crippen MR) is 128 cm³/mol. The van der Waals surface area contributed by atoms with Crippen LogP contribution < -0.4 is 14.8 Å². The molecule has 7 heteroatoms. The largest absolute Gasteiger partial charge is 0.493 e. The lowest BCUT2D eigenvalue weighted by Crippen LogP contribution is -2.26. The van der Waals surface area contributed by atoms with Gasteiger partial charge in [-0.15, -0.1) is 0 Å². The highest BCUT2D eigenvalue weighted by Gasteiger charge is 2.20. The SMILES string of the molecule is COc1cc(C(=S)N2CCCC2)cc(I)c1OCC(=O)Nc1ccc(C)c(C)c1. The molecule has 154 valence electrons. The number of carbonyl (C=O) groups excluding carboxylic acids is 1. The van der Waals surface area contributed by atoms with E-state index in [1.807, 2.05) is 44.2 Å². The molecular formula is C22H25IN2O3S. The molecule has 29 heavy (non-hydrogen) atoms. The Morgan fingerprint density at radius 1 is 1.17 bits per heavy atom. The van der Waals surface area contributed by atoms with Crippen molar-refractivity contribution in [1.29, 1.82) is 0 Å². The van der Waals surface area contributed by atoms with Crippen LogP contribution in [0.5, 0.6) is 11.5 Å². The van der Waals surface area contributed by atoms with Crippen molar-refractivity contribution in [2.45, 2.75) is 26.7 Å². The van der Waals surface area contributed by atoms with Gasteiger partial charge in [-0.2, -0.15) is 0 Å². The molecule has 0 aliphatic carbocycles. The van der Waals surface area contributed by atoms with Gasteiger partial charge in [0.15, 0.2) is 18.1 Å². The van der Waals surface area contributed by atoms with E-state index >= 15 is 0 Å². The van der Waals surface area contributed by atoms with Crippen LogP contribution in [0.25, 0.3) is 0 Å². The summed E-state index contributed by atoms with van der Waals surface area (Å²) in [6, 6.07) is 9.70.